The van der Waals surface area contributed by atoms with Crippen molar-refractivity contribution in [2.75, 3.05) is 13.1 Å². The summed E-state index contributed by atoms with van der Waals surface area (Å²) in [6, 6.07) is 8.54. The fourth-order valence-corrected chi connectivity index (χ4v) is 2.50. The third-order valence-corrected chi connectivity index (χ3v) is 3.25. The van der Waals surface area contributed by atoms with Crippen LogP contribution in [0, 0.1) is 6.92 Å². The highest BCUT2D eigenvalue weighted by atomic mass is 16.4. The number of aliphatic carboxylic acids is 1. The van der Waals surface area contributed by atoms with Gasteiger partial charge in [-0.15, -0.1) is 0 Å². The first kappa shape index (κ1) is 11.1. The van der Waals surface area contributed by atoms with Crippen molar-refractivity contribution in [1.82, 2.24) is 4.90 Å². The van der Waals surface area contributed by atoms with Crippen LogP contribution >= 0.6 is 0 Å². The Morgan fingerprint density at radius 3 is 2.94 bits per heavy atom. The normalized spacial score (nSPS) is 21.2. The van der Waals surface area contributed by atoms with Gasteiger partial charge in [-0.05, 0) is 37.4 Å². The molecule has 1 heterocycles. The predicted octanol–water partition coefficient (Wildman–Crippen LogP) is 2.22. The number of likely N-dealkylation sites (tertiary alicyclic amines) is 1. The van der Waals surface area contributed by atoms with E-state index in [-0.39, 0.29) is 12.6 Å². The molecule has 0 unspecified atom stereocenters. The van der Waals surface area contributed by atoms with E-state index in [1.54, 1.807) is 0 Å². The second-order valence-corrected chi connectivity index (χ2v) is 4.38. The van der Waals surface area contributed by atoms with Crippen molar-refractivity contribution in [3.8, 4) is 0 Å². The predicted molar refractivity (Wildman–Crippen MR) is 62.4 cm³/mol. The van der Waals surface area contributed by atoms with Crippen LogP contribution in [0.2, 0.25) is 0 Å². The zero-order chi connectivity index (χ0) is 11.5. The minimum atomic E-state index is -0.736. The minimum Gasteiger partial charge on any atom is -0.480 e. The fraction of sp³-hybridized carbons (Fsp3) is 0.462. The molecule has 1 N–H and O–H groups in total. The van der Waals surface area contributed by atoms with Gasteiger partial charge in [-0.3, -0.25) is 9.69 Å². The van der Waals surface area contributed by atoms with Crippen LogP contribution in [0.1, 0.15) is 30.0 Å². The van der Waals surface area contributed by atoms with E-state index in [1.807, 2.05) is 12.1 Å². The quantitative estimate of drug-likeness (QED) is 0.847. The number of benzene rings is 1. The number of hydrogen-bond acceptors (Lipinski definition) is 2. The van der Waals surface area contributed by atoms with Gasteiger partial charge in [0.2, 0.25) is 0 Å². The Kier molecular flexibility index (Phi) is 3.25. The Balaban J connectivity index is 2.20. The Morgan fingerprint density at radius 2 is 2.25 bits per heavy atom. The standard InChI is InChI=1S/C13H17NO2/c1-10-5-2-3-6-11(10)12-7-4-8-14(12)9-13(15)16/h2-3,5-6,12H,4,7-9H2,1H3,(H,15,16)/t12-/m1/s1. The van der Waals surface area contributed by atoms with E-state index < -0.39 is 5.97 Å². The lowest BCUT2D eigenvalue weighted by atomic mass is 9.99. The molecule has 1 aliphatic heterocycles. The van der Waals surface area contributed by atoms with Gasteiger partial charge in [-0.2, -0.15) is 0 Å². The smallest absolute Gasteiger partial charge is 0.317 e. The van der Waals surface area contributed by atoms with Crippen molar-refractivity contribution in [2.45, 2.75) is 25.8 Å². The molecule has 3 heteroatoms. The molecule has 2 rings (SSSR count). The molecule has 0 saturated carbocycles. The van der Waals surface area contributed by atoms with Gasteiger partial charge in [0.1, 0.15) is 0 Å². The van der Waals surface area contributed by atoms with E-state index in [2.05, 4.69) is 24.0 Å². The highest BCUT2D eigenvalue weighted by Crippen LogP contribution is 2.33. The topological polar surface area (TPSA) is 40.5 Å². The summed E-state index contributed by atoms with van der Waals surface area (Å²) in [6.45, 7) is 3.14. The van der Waals surface area contributed by atoms with E-state index in [0.29, 0.717) is 0 Å². The van der Waals surface area contributed by atoms with Crippen LogP contribution in [-0.2, 0) is 4.79 Å². The second-order valence-electron chi connectivity index (χ2n) is 4.38. The van der Waals surface area contributed by atoms with Gasteiger partial charge in [0.15, 0.2) is 0 Å². The molecule has 3 nitrogen and oxygen atoms in total. The van der Waals surface area contributed by atoms with Crippen LogP contribution in [0.4, 0.5) is 0 Å². The first-order valence-electron chi connectivity index (χ1n) is 5.70. The summed E-state index contributed by atoms with van der Waals surface area (Å²) in [6.07, 6.45) is 2.16. The molecule has 0 amide bonds. The average Bonchev–Trinajstić information content (AvgIpc) is 2.66. The number of aryl methyl sites for hydroxylation is 1. The number of carbonyl (C=O) groups is 1. The summed E-state index contributed by atoms with van der Waals surface area (Å²) in [7, 11) is 0. The van der Waals surface area contributed by atoms with Crippen molar-refractivity contribution in [3.05, 3.63) is 35.4 Å². The van der Waals surface area contributed by atoms with Crippen LogP contribution in [0.5, 0.6) is 0 Å². The van der Waals surface area contributed by atoms with E-state index in [1.165, 1.54) is 11.1 Å². The molecule has 0 spiro atoms. The van der Waals surface area contributed by atoms with Gasteiger partial charge in [-0.1, -0.05) is 24.3 Å². The third-order valence-electron chi connectivity index (χ3n) is 3.25. The Morgan fingerprint density at radius 1 is 1.50 bits per heavy atom. The highest BCUT2D eigenvalue weighted by molar-refractivity contribution is 5.69. The van der Waals surface area contributed by atoms with Crippen LogP contribution in [0.15, 0.2) is 24.3 Å². The summed E-state index contributed by atoms with van der Waals surface area (Å²) in [5.41, 5.74) is 2.53. The molecule has 0 radical (unpaired) electrons. The Hall–Kier alpha value is -1.35. The first-order valence-corrected chi connectivity index (χ1v) is 5.70. The minimum absolute atomic E-state index is 0.152. The molecular formula is C13H17NO2. The maximum Gasteiger partial charge on any atom is 0.317 e. The molecule has 1 fully saturated rings. The van der Waals surface area contributed by atoms with Gasteiger partial charge in [-0.25, -0.2) is 0 Å². The molecule has 1 aromatic rings. The summed E-state index contributed by atoms with van der Waals surface area (Å²) in [4.78, 5) is 12.8. The highest BCUT2D eigenvalue weighted by Gasteiger charge is 2.27. The monoisotopic (exact) mass is 219 g/mol. The molecule has 0 aromatic heterocycles. The summed E-state index contributed by atoms with van der Waals surface area (Å²) in [5, 5.41) is 8.87. The fourth-order valence-electron chi connectivity index (χ4n) is 2.50. The molecule has 0 bridgehead atoms. The largest absolute Gasteiger partial charge is 0.480 e. The van der Waals surface area contributed by atoms with Crippen LogP contribution in [0.25, 0.3) is 0 Å². The summed E-state index contributed by atoms with van der Waals surface area (Å²) < 4.78 is 0. The molecular weight excluding hydrogens is 202 g/mol. The molecule has 86 valence electrons. The van der Waals surface area contributed by atoms with Gasteiger partial charge < -0.3 is 5.11 Å². The maximum absolute atomic E-state index is 10.8. The number of hydrogen-bond donors (Lipinski definition) is 1. The maximum atomic E-state index is 10.8. The summed E-state index contributed by atoms with van der Waals surface area (Å²) >= 11 is 0. The van der Waals surface area contributed by atoms with E-state index in [0.717, 1.165) is 19.4 Å². The van der Waals surface area contributed by atoms with E-state index in [4.69, 9.17) is 5.11 Å². The number of nitrogens with zero attached hydrogens (tertiary/aromatic N) is 1. The zero-order valence-electron chi connectivity index (χ0n) is 9.52. The van der Waals surface area contributed by atoms with Crippen molar-refractivity contribution >= 4 is 5.97 Å². The molecule has 1 atom stereocenters. The summed E-state index contributed by atoms with van der Waals surface area (Å²) in [5.74, 6) is -0.736. The number of carboxylic acids is 1. The first-order chi connectivity index (χ1) is 7.68. The molecule has 1 aromatic carbocycles. The molecule has 16 heavy (non-hydrogen) atoms. The van der Waals surface area contributed by atoms with E-state index in [9.17, 15) is 4.79 Å². The van der Waals surface area contributed by atoms with Crippen LogP contribution < -0.4 is 0 Å². The van der Waals surface area contributed by atoms with Gasteiger partial charge >= 0.3 is 5.97 Å². The second kappa shape index (κ2) is 4.66. The Labute approximate surface area is 95.7 Å². The number of carboxylic acid groups (broad SMARTS) is 1. The van der Waals surface area contributed by atoms with Crippen molar-refractivity contribution < 1.29 is 9.90 Å². The lowest BCUT2D eigenvalue weighted by molar-refractivity contribution is -0.138. The van der Waals surface area contributed by atoms with E-state index >= 15 is 0 Å². The lowest BCUT2D eigenvalue weighted by Gasteiger charge is -2.24. The lowest BCUT2D eigenvalue weighted by Crippen LogP contribution is -2.29. The zero-order valence-corrected chi connectivity index (χ0v) is 9.52. The molecule has 1 saturated heterocycles. The van der Waals surface area contributed by atoms with Gasteiger partial charge in [0.25, 0.3) is 0 Å². The SMILES string of the molecule is Cc1ccccc1[C@H]1CCCN1CC(=O)O. The molecule has 1 aliphatic rings. The molecule has 0 aliphatic carbocycles. The van der Waals surface area contributed by atoms with Gasteiger partial charge in [0.05, 0.1) is 6.54 Å². The van der Waals surface area contributed by atoms with Gasteiger partial charge in [0, 0.05) is 6.04 Å². The van der Waals surface area contributed by atoms with Crippen molar-refractivity contribution in [3.63, 3.8) is 0 Å². The average molecular weight is 219 g/mol. The van der Waals surface area contributed by atoms with Crippen molar-refractivity contribution in [2.24, 2.45) is 0 Å². The number of rotatable bonds is 3. The van der Waals surface area contributed by atoms with Crippen LogP contribution in [0.3, 0.4) is 0 Å². The third kappa shape index (κ3) is 2.25. The van der Waals surface area contributed by atoms with Crippen molar-refractivity contribution in [1.29, 1.82) is 0 Å². The Bertz CT molecular complexity index is 389. The van der Waals surface area contributed by atoms with Crippen LogP contribution in [-0.4, -0.2) is 29.1 Å².